The predicted molar refractivity (Wildman–Crippen MR) is 40.3 cm³/mol. The highest BCUT2D eigenvalue weighted by atomic mass is 16.1. The van der Waals surface area contributed by atoms with Gasteiger partial charge in [0.05, 0.1) is 31.5 Å². The Kier molecular flexibility index (Phi) is 1.05. The number of carbonyl (C=O) groups is 1. The molecule has 2 nitrogen and oxygen atoms in total. The topological polar surface area (TPSA) is 21.5 Å². The Bertz CT molecular complexity index is 182. The average molecular weight is 152 g/mol. The molecule has 3 saturated heterocycles. The summed E-state index contributed by atoms with van der Waals surface area (Å²) in [5, 5.41) is 0. The molecule has 4 bridgehead atoms. The van der Waals surface area contributed by atoms with Crippen LogP contribution < -0.4 is 4.90 Å². The van der Waals surface area contributed by atoms with Crippen LogP contribution >= 0.6 is 0 Å². The third kappa shape index (κ3) is 0.734. The average Bonchev–Trinajstić information content (AvgIpc) is 1.98. The zero-order chi connectivity index (χ0) is 7.42. The van der Waals surface area contributed by atoms with Gasteiger partial charge in [-0.1, -0.05) is 0 Å². The number of Topliss-reactive ketones (excluding diaryl/α,β-unsaturated/α-hetero) is 1. The molecule has 0 aromatic rings. The minimum atomic E-state index is 0.469. The molecule has 0 spiro atoms. The Morgan fingerprint density at radius 3 is 2.27 bits per heavy atom. The van der Waals surface area contributed by atoms with Gasteiger partial charge in [-0.15, -0.1) is 0 Å². The second kappa shape index (κ2) is 1.86. The van der Waals surface area contributed by atoms with E-state index in [4.69, 9.17) is 0 Å². The molecule has 2 unspecified atom stereocenters. The third-order valence-corrected chi connectivity index (χ3v) is 3.69. The molecule has 1 saturated carbocycles. The molecule has 0 aromatic carbocycles. The molecule has 0 radical (unpaired) electrons. The standard InChI is InChI=1S/C9H13NO/c11-9-7-1-6-2-8(9)5-10(3-6)4-7/h6-8H,1-5H2/p+1/t6?,7-,8+. The van der Waals surface area contributed by atoms with Gasteiger partial charge in [0.1, 0.15) is 5.78 Å². The van der Waals surface area contributed by atoms with Crippen molar-refractivity contribution in [2.45, 2.75) is 12.8 Å². The molecule has 0 amide bonds. The van der Waals surface area contributed by atoms with E-state index in [-0.39, 0.29) is 0 Å². The maximum Gasteiger partial charge on any atom is 0.150 e. The first-order valence-electron chi connectivity index (χ1n) is 4.70. The molecule has 4 atom stereocenters. The first-order chi connectivity index (χ1) is 5.33. The molecule has 3 heterocycles. The first kappa shape index (κ1) is 6.18. The van der Waals surface area contributed by atoms with Crippen molar-refractivity contribution in [1.29, 1.82) is 0 Å². The van der Waals surface area contributed by atoms with Crippen molar-refractivity contribution < 1.29 is 9.69 Å². The normalized spacial score (nSPS) is 53.6. The van der Waals surface area contributed by atoms with Gasteiger partial charge in [-0.25, -0.2) is 0 Å². The summed E-state index contributed by atoms with van der Waals surface area (Å²) < 4.78 is 0. The van der Waals surface area contributed by atoms with Crippen LogP contribution in [0, 0.1) is 17.8 Å². The maximum absolute atomic E-state index is 11.6. The Labute approximate surface area is 66.6 Å². The second-order valence-electron chi connectivity index (χ2n) is 4.50. The zero-order valence-electron chi connectivity index (χ0n) is 6.68. The number of nitrogens with one attached hydrogen (secondary N) is 1. The largest absolute Gasteiger partial charge is 0.334 e. The summed E-state index contributed by atoms with van der Waals surface area (Å²) in [4.78, 5) is 13.3. The van der Waals surface area contributed by atoms with E-state index < -0.39 is 0 Å². The Hall–Kier alpha value is -0.370. The van der Waals surface area contributed by atoms with Gasteiger partial charge in [0.25, 0.3) is 0 Å². The summed E-state index contributed by atoms with van der Waals surface area (Å²) in [6.07, 6.45) is 2.44. The minimum Gasteiger partial charge on any atom is -0.334 e. The summed E-state index contributed by atoms with van der Waals surface area (Å²) in [5.74, 6) is 2.44. The summed E-state index contributed by atoms with van der Waals surface area (Å²) in [6.45, 7) is 3.68. The number of hydrogen-bond acceptors (Lipinski definition) is 1. The van der Waals surface area contributed by atoms with Crippen LogP contribution in [0.3, 0.4) is 0 Å². The molecule has 3 aliphatic heterocycles. The fourth-order valence-corrected chi connectivity index (χ4v) is 3.36. The lowest BCUT2D eigenvalue weighted by atomic mass is 9.67. The van der Waals surface area contributed by atoms with E-state index in [0.717, 1.165) is 19.0 Å². The summed E-state index contributed by atoms with van der Waals surface area (Å²) in [5.41, 5.74) is 0. The van der Waals surface area contributed by atoms with Crippen molar-refractivity contribution in [3.63, 3.8) is 0 Å². The van der Waals surface area contributed by atoms with E-state index >= 15 is 0 Å². The smallest absolute Gasteiger partial charge is 0.150 e. The molecular weight excluding hydrogens is 138 g/mol. The summed E-state index contributed by atoms with van der Waals surface area (Å²) >= 11 is 0. The third-order valence-electron chi connectivity index (χ3n) is 3.69. The maximum atomic E-state index is 11.6. The van der Waals surface area contributed by atoms with E-state index in [1.54, 1.807) is 4.90 Å². The van der Waals surface area contributed by atoms with E-state index in [0.29, 0.717) is 17.6 Å². The Morgan fingerprint density at radius 1 is 1.09 bits per heavy atom. The van der Waals surface area contributed by atoms with Crippen molar-refractivity contribution in [2.75, 3.05) is 19.6 Å². The SMILES string of the molecule is O=C1[C@@H]2CC3C[C@H]1C[NH+](C3)C2. The number of carbonyl (C=O) groups excluding carboxylic acids is 1. The lowest BCUT2D eigenvalue weighted by Gasteiger charge is -2.47. The van der Waals surface area contributed by atoms with Crippen LogP contribution in [0.15, 0.2) is 0 Å². The molecule has 1 aliphatic carbocycles. The van der Waals surface area contributed by atoms with E-state index in [1.165, 1.54) is 19.4 Å². The first-order valence-corrected chi connectivity index (χ1v) is 4.70. The Morgan fingerprint density at radius 2 is 1.73 bits per heavy atom. The molecule has 60 valence electrons. The zero-order valence-corrected chi connectivity index (χ0v) is 6.68. The molecule has 2 heteroatoms. The highest BCUT2D eigenvalue weighted by Crippen LogP contribution is 2.33. The monoisotopic (exact) mass is 152 g/mol. The van der Waals surface area contributed by atoms with Gasteiger partial charge >= 0.3 is 0 Å². The van der Waals surface area contributed by atoms with E-state index in [9.17, 15) is 4.79 Å². The van der Waals surface area contributed by atoms with Crippen molar-refractivity contribution in [1.82, 2.24) is 0 Å². The molecular formula is C9H14NO+. The number of piperidine rings is 3. The lowest BCUT2D eigenvalue weighted by Crippen LogP contribution is -3.18. The number of quaternary nitrogens is 1. The summed E-state index contributed by atoms with van der Waals surface area (Å²) in [7, 11) is 0. The van der Waals surface area contributed by atoms with Crippen LogP contribution in [0.1, 0.15) is 12.8 Å². The van der Waals surface area contributed by atoms with Crippen molar-refractivity contribution in [3.05, 3.63) is 0 Å². The highest BCUT2D eigenvalue weighted by Gasteiger charge is 2.49. The van der Waals surface area contributed by atoms with Crippen molar-refractivity contribution in [2.24, 2.45) is 17.8 Å². The van der Waals surface area contributed by atoms with E-state index in [1.807, 2.05) is 0 Å². The molecule has 1 N–H and O–H groups in total. The van der Waals surface area contributed by atoms with E-state index in [2.05, 4.69) is 0 Å². The molecule has 4 aliphatic rings. The van der Waals surface area contributed by atoms with Crippen molar-refractivity contribution >= 4 is 5.78 Å². The van der Waals surface area contributed by atoms with Gasteiger partial charge in [0.15, 0.2) is 0 Å². The fraction of sp³-hybridized carbons (Fsp3) is 0.889. The number of rotatable bonds is 0. The van der Waals surface area contributed by atoms with Gasteiger partial charge in [-0.2, -0.15) is 0 Å². The Balaban J connectivity index is 1.96. The number of hydrogen-bond donors (Lipinski definition) is 1. The highest BCUT2D eigenvalue weighted by molar-refractivity contribution is 5.85. The molecule has 4 fully saturated rings. The van der Waals surface area contributed by atoms with Gasteiger partial charge < -0.3 is 4.90 Å². The van der Waals surface area contributed by atoms with Crippen LogP contribution in [0.4, 0.5) is 0 Å². The van der Waals surface area contributed by atoms with Crippen LogP contribution in [-0.2, 0) is 4.79 Å². The quantitative estimate of drug-likeness (QED) is 0.478. The molecule has 11 heavy (non-hydrogen) atoms. The van der Waals surface area contributed by atoms with Gasteiger partial charge in [-0.05, 0) is 12.8 Å². The van der Waals surface area contributed by atoms with Crippen LogP contribution in [0.25, 0.3) is 0 Å². The van der Waals surface area contributed by atoms with Gasteiger partial charge in [0, 0.05) is 5.92 Å². The van der Waals surface area contributed by atoms with Crippen LogP contribution in [0.2, 0.25) is 0 Å². The summed E-state index contributed by atoms with van der Waals surface area (Å²) in [6, 6.07) is 0. The fourth-order valence-electron chi connectivity index (χ4n) is 3.36. The van der Waals surface area contributed by atoms with Gasteiger partial charge in [-0.3, -0.25) is 4.79 Å². The van der Waals surface area contributed by atoms with Crippen LogP contribution in [-0.4, -0.2) is 25.4 Å². The predicted octanol–water partition coefficient (Wildman–Crippen LogP) is -0.890. The van der Waals surface area contributed by atoms with Crippen molar-refractivity contribution in [3.8, 4) is 0 Å². The van der Waals surface area contributed by atoms with Gasteiger partial charge in [0.2, 0.25) is 0 Å². The lowest BCUT2D eigenvalue weighted by molar-refractivity contribution is -0.923. The molecule has 0 aromatic heterocycles. The molecule has 4 rings (SSSR count). The van der Waals surface area contributed by atoms with Crippen LogP contribution in [0.5, 0.6) is 0 Å². The second-order valence-corrected chi connectivity index (χ2v) is 4.50. The minimum absolute atomic E-state index is 0.469. The number of ketones is 1.